The van der Waals surface area contributed by atoms with E-state index >= 15 is 0 Å². The minimum atomic E-state index is 0.410. The van der Waals surface area contributed by atoms with Gasteiger partial charge >= 0.3 is 0 Å². The average molecular weight is 306 g/mol. The summed E-state index contributed by atoms with van der Waals surface area (Å²) < 4.78 is 0. The Hall–Kier alpha value is -1.29. The fraction of sp³-hybridized carbons (Fsp3) is 0.357. The van der Waals surface area contributed by atoms with Gasteiger partial charge in [0.2, 0.25) is 0 Å². The lowest BCUT2D eigenvalue weighted by atomic mass is 10.1. The first kappa shape index (κ1) is 13.1. The van der Waals surface area contributed by atoms with Crippen molar-refractivity contribution in [3.63, 3.8) is 0 Å². The summed E-state index contributed by atoms with van der Waals surface area (Å²) in [5.41, 5.74) is 3.43. The Morgan fingerprint density at radius 1 is 1.28 bits per heavy atom. The molecule has 0 aliphatic carbocycles. The monoisotopic (exact) mass is 305 g/mol. The summed E-state index contributed by atoms with van der Waals surface area (Å²) in [4.78, 5) is 13.2. The molecule has 3 nitrogen and oxygen atoms in total. The minimum absolute atomic E-state index is 0.410. The molecule has 0 aliphatic rings. The summed E-state index contributed by atoms with van der Waals surface area (Å²) >= 11 is 3.48. The second kappa shape index (κ2) is 6.05. The van der Waals surface area contributed by atoms with Crippen molar-refractivity contribution in [2.24, 2.45) is 0 Å². The predicted octanol–water partition coefficient (Wildman–Crippen LogP) is 3.48. The Bertz CT molecular complexity index is 512. The van der Waals surface area contributed by atoms with Crippen molar-refractivity contribution < 1.29 is 0 Å². The van der Waals surface area contributed by atoms with E-state index in [0.29, 0.717) is 5.92 Å². The van der Waals surface area contributed by atoms with E-state index in [1.807, 2.05) is 24.5 Å². The molecule has 4 heteroatoms. The quantitative estimate of drug-likeness (QED) is 0.812. The van der Waals surface area contributed by atoms with Crippen molar-refractivity contribution in [1.82, 2.24) is 15.0 Å². The SMILES string of the molecule is CC(C)c1nc(Cc2cccnc2)ncc1CBr. The van der Waals surface area contributed by atoms with E-state index in [9.17, 15) is 0 Å². The van der Waals surface area contributed by atoms with Crippen LogP contribution in [-0.2, 0) is 11.8 Å². The minimum Gasteiger partial charge on any atom is -0.264 e. The van der Waals surface area contributed by atoms with Crippen LogP contribution in [0.3, 0.4) is 0 Å². The molecular weight excluding hydrogens is 290 g/mol. The molecule has 0 aromatic carbocycles. The normalized spacial score (nSPS) is 10.9. The van der Waals surface area contributed by atoms with Crippen LogP contribution in [0.5, 0.6) is 0 Å². The molecular formula is C14H16BrN3. The first-order valence-corrected chi connectivity index (χ1v) is 7.12. The maximum absolute atomic E-state index is 4.67. The summed E-state index contributed by atoms with van der Waals surface area (Å²) in [7, 11) is 0. The number of pyridine rings is 1. The molecule has 0 saturated carbocycles. The van der Waals surface area contributed by atoms with Gasteiger partial charge in [0.05, 0.1) is 5.69 Å². The van der Waals surface area contributed by atoms with Crippen LogP contribution in [0.25, 0.3) is 0 Å². The lowest BCUT2D eigenvalue weighted by Gasteiger charge is -2.11. The number of halogens is 1. The van der Waals surface area contributed by atoms with Crippen LogP contribution in [0.1, 0.15) is 42.4 Å². The van der Waals surface area contributed by atoms with Gasteiger partial charge in [-0.2, -0.15) is 0 Å². The molecule has 0 saturated heterocycles. The highest BCUT2D eigenvalue weighted by atomic mass is 79.9. The van der Waals surface area contributed by atoms with E-state index in [1.165, 1.54) is 5.56 Å². The molecule has 18 heavy (non-hydrogen) atoms. The summed E-state index contributed by atoms with van der Waals surface area (Å²) in [6.45, 7) is 4.31. The largest absolute Gasteiger partial charge is 0.264 e. The second-order valence-corrected chi connectivity index (χ2v) is 5.08. The van der Waals surface area contributed by atoms with Gasteiger partial charge in [0.1, 0.15) is 5.82 Å². The molecule has 2 heterocycles. The predicted molar refractivity (Wildman–Crippen MR) is 75.8 cm³/mol. The molecule has 0 bridgehead atoms. The summed E-state index contributed by atoms with van der Waals surface area (Å²) in [5, 5.41) is 0.799. The van der Waals surface area contributed by atoms with Gasteiger partial charge in [0.25, 0.3) is 0 Å². The third-order valence-electron chi connectivity index (χ3n) is 2.72. The van der Waals surface area contributed by atoms with E-state index in [-0.39, 0.29) is 0 Å². The van der Waals surface area contributed by atoms with Gasteiger partial charge < -0.3 is 0 Å². The van der Waals surface area contributed by atoms with Crippen LogP contribution < -0.4 is 0 Å². The number of aromatic nitrogens is 3. The third kappa shape index (κ3) is 3.13. The van der Waals surface area contributed by atoms with E-state index in [1.54, 1.807) is 6.20 Å². The van der Waals surface area contributed by atoms with Crippen LogP contribution in [-0.4, -0.2) is 15.0 Å². The Morgan fingerprint density at radius 3 is 2.72 bits per heavy atom. The number of nitrogens with zero attached hydrogens (tertiary/aromatic N) is 3. The summed E-state index contributed by atoms with van der Waals surface area (Å²) in [6, 6.07) is 3.98. The van der Waals surface area contributed by atoms with Crippen molar-refractivity contribution in [3.05, 3.63) is 53.4 Å². The van der Waals surface area contributed by atoms with Crippen LogP contribution in [0.15, 0.2) is 30.7 Å². The Balaban J connectivity index is 2.27. The van der Waals surface area contributed by atoms with Crippen LogP contribution in [0.4, 0.5) is 0 Å². The number of hydrogen-bond acceptors (Lipinski definition) is 3. The van der Waals surface area contributed by atoms with Crippen molar-refractivity contribution in [2.75, 3.05) is 0 Å². The highest BCUT2D eigenvalue weighted by molar-refractivity contribution is 9.08. The standard InChI is InChI=1S/C14H16BrN3/c1-10(2)14-12(7-15)9-17-13(18-14)6-11-4-3-5-16-8-11/h3-5,8-10H,6-7H2,1-2H3. The molecule has 0 unspecified atom stereocenters. The molecule has 94 valence electrons. The van der Waals surface area contributed by atoms with E-state index in [2.05, 4.69) is 44.7 Å². The number of alkyl halides is 1. The van der Waals surface area contributed by atoms with Gasteiger partial charge in [-0.1, -0.05) is 35.8 Å². The molecule has 0 N–H and O–H groups in total. The van der Waals surface area contributed by atoms with Crippen LogP contribution >= 0.6 is 15.9 Å². The Kier molecular flexibility index (Phi) is 4.42. The van der Waals surface area contributed by atoms with Crippen molar-refractivity contribution >= 4 is 15.9 Å². The van der Waals surface area contributed by atoms with Gasteiger partial charge in [-0.05, 0) is 17.5 Å². The van der Waals surface area contributed by atoms with Gasteiger partial charge in [-0.25, -0.2) is 9.97 Å². The van der Waals surface area contributed by atoms with Crippen molar-refractivity contribution in [1.29, 1.82) is 0 Å². The smallest absolute Gasteiger partial charge is 0.132 e. The van der Waals surface area contributed by atoms with Gasteiger partial charge in [0, 0.05) is 35.9 Å². The summed E-state index contributed by atoms with van der Waals surface area (Å²) in [5.74, 6) is 1.27. The average Bonchev–Trinajstić information content (AvgIpc) is 2.40. The Labute approximate surface area is 116 Å². The van der Waals surface area contributed by atoms with Gasteiger partial charge in [0.15, 0.2) is 0 Å². The molecule has 2 aromatic rings. The molecule has 2 aromatic heterocycles. The first-order chi connectivity index (χ1) is 8.70. The molecule has 0 radical (unpaired) electrons. The second-order valence-electron chi connectivity index (χ2n) is 4.52. The fourth-order valence-corrected chi connectivity index (χ4v) is 2.26. The molecule has 0 amide bonds. The lowest BCUT2D eigenvalue weighted by Crippen LogP contribution is -2.05. The molecule has 0 atom stereocenters. The molecule has 0 aliphatic heterocycles. The zero-order valence-corrected chi connectivity index (χ0v) is 12.2. The fourth-order valence-electron chi connectivity index (χ4n) is 1.83. The topological polar surface area (TPSA) is 38.7 Å². The van der Waals surface area contributed by atoms with E-state index in [4.69, 9.17) is 0 Å². The van der Waals surface area contributed by atoms with E-state index < -0.39 is 0 Å². The zero-order valence-electron chi connectivity index (χ0n) is 10.6. The van der Waals surface area contributed by atoms with Crippen LogP contribution in [0.2, 0.25) is 0 Å². The summed E-state index contributed by atoms with van der Waals surface area (Å²) in [6.07, 6.45) is 6.29. The molecule has 2 rings (SSSR count). The third-order valence-corrected chi connectivity index (χ3v) is 3.33. The van der Waals surface area contributed by atoms with Crippen molar-refractivity contribution in [2.45, 2.75) is 31.5 Å². The lowest BCUT2D eigenvalue weighted by molar-refractivity contribution is 0.777. The maximum Gasteiger partial charge on any atom is 0.132 e. The highest BCUT2D eigenvalue weighted by Crippen LogP contribution is 2.19. The number of rotatable bonds is 4. The van der Waals surface area contributed by atoms with E-state index in [0.717, 1.165) is 28.8 Å². The molecule has 0 fully saturated rings. The zero-order chi connectivity index (χ0) is 13.0. The molecule has 0 spiro atoms. The maximum atomic E-state index is 4.67. The highest BCUT2D eigenvalue weighted by Gasteiger charge is 2.10. The van der Waals surface area contributed by atoms with Crippen molar-refractivity contribution in [3.8, 4) is 0 Å². The first-order valence-electron chi connectivity index (χ1n) is 6.00. The van der Waals surface area contributed by atoms with Gasteiger partial charge in [-0.15, -0.1) is 0 Å². The van der Waals surface area contributed by atoms with Crippen LogP contribution in [0, 0.1) is 0 Å². The number of hydrogen-bond donors (Lipinski definition) is 0. The Morgan fingerprint density at radius 2 is 2.11 bits per heavy atom. The van der Waals surface area contributed by atoms with Gasteiger partial charge in [-0.3, -0.25) is 4.98 Å².